The Morgan fingerprint density at radius 1 is 0.810 bits per heavy atom. The first-order chi connectivity index (χ1) is 29.4. The maximum absolute atomic E-state index is 13.9. The minimum absolute atomic E-state index is 0.0126. The van der Waals surface area contributed by atoms with Crippen LogP contribution in [0, 0.1) is 0 Å². The molecule has 2 fully saturated rings. The average molecular weight is 908 g/mol. The predicted octanol–water partition coefficient (Wildman–Crippen LogP) is 6.97. The van der Waals surface area contributed by atoms with Crippen molar-refractivity contribution in [2.24, 2.45) is 9.98 Å². The largest absolute Gasteiger partial charge is 0.484 e. The van der Waals surface area contributed by atoms with Gasteiger partial charge in [-0.1, -0.05) is 121 Å². The third-order valence-corrected chi connectivity index (χ3v) is 22.6. The monoisotopic (exact) mass is 907 g/mol. The maximum atomic E-state index is 13.9. The molecule has 2 aromatic rings. The van der Waals surface area contributed by atoms with Gasteiger partial charge in [0, 0.05) is 0 Å². The van der Waals surface area contributed by atoms with E-state index >= 15 is 0 Å². The Kier molecular flexibility index (Phi) is 14.4. The van der Waals surface area contributed by atoms with Crippen LogP contribution >= 0.6 is 0 Å². The molecule has 0 spiro atoms. The van der Waals surface area contributed by atoms with Gasteiger partial charge in [0.15, 0.2) is 37.8 Å². The summed E-state index contributed by atoms with van der Waals surface area (Å²) in [6.07, 6.45) is -3.07. The molecule has 15 nitrogen and oxygen atoms in total. The zero-order valence-electron chi connectivity index (χ0n) is 39.5. The molecule has 0 aliphatic carbocycles. The number of fused-ring (bicyclic) bond motifs is 2. The van der Waals surface area contributed by atoms with Crippen LogP contribution in [0.5, 0.6) is 11.5 Å². The molecular formula is C46H69N5O10Si2. The van der Waals surface area contributed by atoms with Gasteiger partial charge in [0.25, 0.3) is 11.8 Å². The van der Waals surface area contributed by atoms with Crippen molar-refractivity contribution in [1.29, 1.82) is 0 Å². The molecule has 2 N–H and O–H groups in total. The summed E-state index contributed by atoms with van der Waals surface area (Å²) in [5, 5.41) is 5.34. The molecule has 4 aliphatic heterocycles. The quantitative estimate of drug-likeness (QED) is 0.167. The molecule has 0 bridgehead atoms. The molecular weight excluding hydrogens is 839 g/mol. The van der Waals surface area contributed by atoms with Gasteiger partial charge < -0.3 is 36.8 Å². The Bertz CT molecular complexity index is 2000. The molecule has 0 unspecified atom stereocenters. The zero-order chi connectivity index (χ0) is 46.2. The summed E-state index contributed by atoms with van der Waals surface area (Å²) in [7, 11) is -6.16. The van der Waals surface area contributed by atoms with E-state index in [1.807, 2.05) is 48.5 Å². The van der Waals surface area contributed by atoms with Gasteiger partial charge in [-0.05, 0) is 68.4 Å². The Morgan fingerprint density at radius 2 is 1.33 bits per heavy atom. The Hall–Kier alpha value is -4.14. The lowest BCUT2D eigenvalue weighted by Crippen LogP contribution is -2.66. The van der Waals surface area contributed by atoms with Gasteiger partial charge in [-0.25, -0.2) is 9.79 Å². The Balaban J connectivity index is 1.28. The first-order valence-corrected chi connectivity index (χ1v) is 26.2. The summed E-state index contributed by atoms with van der Waals surface area (Å²) in [6, 6.07) is 14.2. The van der Waals surface area contributed by atoms with Crippen molar-refractivity contribution in [3.8, 4) is 11.5 Å². The van der Waals surface area contributed by atoms with E-state index in [0.717, 1.165) is 11.1 Å². The molecule has 6 atom stereocenters. The van der Waals surface area contributed by atoms with E-state index in [2.05, 4.69) is 113 Å². The van der Waals surface area contributed by atoms with Crippen LogP contribution in [0.2, 0.25) is 22.2 Å². The van der Waals surface area contributed by atoms with Gasteiger partial charge in [0.1, 0.15) is 23.7 Å². The molecule has 2 aromatic carbocycles. The fourth-order valence-corrected chi connectivity index (χ4v) is 19.9. The summed E-state index contributed by atoms with van der Waals surface area (Å²) >= 11 is 0. The highest BCUT2D eigenvalue weighted by Gasteiger charge is 2.63. The molecule has 346 valence electrons. The van der Waals surface area contributed by atoms with Crippen molar-refractivity contribution < 1.29 is 46.3 Å². The van der Waals surface area contributed by atoms with Gasteiger partial charge in [0.05, 0.1) is 12.9 Å². The standard InChI is InChI=1S/C46H69N5O10Si2/c1-27(2)62(28(3)4)57-23-35-39(60-63(61-62,29(5)6)30(7)8)40(59-37(53)25-56-34-21-17-32(18-22-34)46(12,13)14)43(58-35)51-26-47-38-41(51)49-44(50-42(38)54)48-36(52)24-55-33-19-15-31(16-20-33)45(9,10)11/h15-22,26-30,35,38-41,43H,23-25H2,1-14H3,(H2,48,49,50,52,54)/t35-,38-,39-,40-,41-,43-/m1/s1. The molecule has 2 amide bonds. The summed E-state index contributed by atoms with van der Waals surface area (Å²) in [6.45, 7) is 29.2. The third-order valence-electron chi connectivity index (χ3n) is 12.3. The second kappa shape index (κ2) is 18.8. The first-order valence-electron chi connectivity index (χ1n) is 22.3. The Labute approximate surface area is 375 Å². The number of nitrogens with zero attached hydrogens (tertiary/aromatic N) is 3. The zero-order valence-corrected chi connectivity index (χ0v) is 41.5. The number of guanidine groups is 1. The molecule has 4 heterocycles. The predicted molar refractivity (Wildman–Crippen MR) is 245 cm³/mol. The smallest absolute Gasteiger partial charge is 0.344 e. The third kappa shape index (κ3) is 10.4. The van der Waals surface area contributed by atoms with Crippen LogP contribution in [0.1, 0.15) is 108 Å². The number of amides is 2. The molecule has 0 saturated carbocycles. The number of ether oxygens (including phenoxy) is 4. The van der Waals surface area contributed by atoms with Crippen molar-refractivity contribution in [1.82, 2.24) is 15.5 Å². The number of hydrogen-bond acceptors (Lipinski definition) is 13. The van der Waals surface area contributed by atoms with Crippen LogP contribution in [0.25, 0.3) is 0 Å². The van der Waals surface area contributed by atoms with Gasteiger partial charge >= 0.3 is 23.1 Å². The number of carbonyl (C=O) groups is 3. The van der Waals surface area contributed by atoms with Crippen LogP contribution in [0.3, 0.4) is 0 Å². The van der Waals surface area contributed by atoms with Crippen molar-refractivity contribution in [2.75, 3.05) is 19.8 Å². The van der Waals surface area contributed by atoms with Crippen LogP contribution in [-0.2, 0) is 47.7 Å². The highest BCUT2D eigenvalue weighted by Crippen LogP contribution is 2.48. The second-order valence-corrected chi connectivity index (χ2v) is 29.1. The van der Waals surface area contributed by atoms with E-state index in [0.29, 0.717) is 11.5 Å². The lowest BCUT2D eigenvalue weighted by molar-refractivity contribution is -0.163. The SMILES string of the molecule is CC(C)[Si]1(C(C)C)OC[C@H]2O[C@@H](N3C=N[C@H]4C(=O)NC(NC(=O)COc5ccc(C(C)(C)C)cc5)=N[C@@H]43)[C@H](OC(=O)COc3ccc(C(C)(C)C)cc3)[C@@H]2O[Si](C(C)C)(C(C)C)O1. The topological polar surface area (TPSA) is 168 Å². The van der Waals surface area contributed by atoms with Crippen molar-refractivity contribution in [3.05, 3.63) is 59.7 Å². The molecule has 0 aromatic heterocycles. The van der Waals surface area contributed by atoms with Gasteiger partial charge in [-0.15, -0.1) is 0 Å². The summed E-state index contributed by atoms with van der Waals surface area (Å²) in [4.78, 5) is 51.6. The van der Waals surface area contributed by atoms with Crippen molar-refractivity contribution in [2.45, 2.75) is 167 Å². The summed E-state index contributed by atoms with van der Waals surface area (Å²) in [5.74, 6) is -0.666. The summed E-state index contributed by atoms with van der Waals surface area (Å²) in [5.41, 5.74) is 2.35. The van der Waals surface area contributed by atoms with E-state index in [-0.39, 0.29) is 58.8 Å². The Morgan fingerprint density at radius 3 is 1.84 bits per heavy atom. The fourth-order valence-electron chi connectivity index (χ4n) is 8.67. The van der Waals surface area contributed by atoms with Crippen LogP contribution < -0.4 is 20.1 Å². The number of carbonyl (C=O) groups excluding carboxylic acids is 3. The normalized spacial score (nSPS) is 25.6. The minimum atomic E-state index is -3.21. The fraction of sp³-hybridized carbons (Fsp3) is 0.630. The van der Waals surface area contributed by atoms with Crippen molar-refractivity contribution in [3.63, 3.8) is 0 Å². The number of rotatable bonds is 12. The van der Waals surface area contributed by atoms with Gasteiger partial charge in [0.2, 0.25) is 5.96 Å². The lowest BCUT2D eigenvalue weighted by Gasteiger charge is -2.51. The van der Waals surface area contributed by atoms with Crippen LogP contribution in [-0.4, -0.2) is 109 Å². The molecule has 4 aliphatic rings. The first kappa shape index (κ1) is 48.3. The molecule has 63 heavy (non-hydrogen) atoms. The van der Waals surface area contributed by atoms with Crippen molar-refractivity contribution >= 4 is 47.2 Å². The lowest BCUT2D eigenvalue weighted by atomic mass is 9.87. The molecule has 17 heteroatoms. The average Bonchev–Trinajstić information content (AvgIpc) is 3.76. The van der Waals surface area contributed by atoms with E-state index in [4.69, 9.17) is 36.9 Å². The number of nitrogens with one attached hydrogen (secondary N) is 2. The van der Waals surface area contributed by atoms with E-state index in [1.165, 1.54) is 6.34 Å². The van der Waals surface area contributed by atoms with Gasteiger partial charge in [-0.3, -0.25) is 25.2 Å². The summed E-state index contributed by atoms with van der Waals surface area (Å²) < 4.78 is 46.8. The number of esters is 1. The number of benzene rings is 2. The minimum Gasteiger partial charge on any atom is -0.484 e. The van der Waals surface area contributed by atoms with E-state index < -0.39 is 71.7 Å². The number of aliphatic imine (C=N–C) groups is 2. The molecule has 0 radical (unpaired) electrons. The molecule has 6 rings (SSSR count). The second-order valence-electron chi connectivity index (χ2n) is 20.3. The number of hydrogen-bond donors (Lipinski definition) is 2. The molecule has 2 saturated heterocycles. The van der Waals surface area contributed by atoms with Gasteiger partial charge in [-0.2, -0.15) is 0 Å². The van der Waals surface area contributed by atoms with Crippen LogP contribution in [0.15, 0.2) is 58.5 Å². The van der Waals surface area contributed by atoms with Crippen LogP contribution in [0.4, 0.5) is 0 Å². The van der Waals surface area contributed by atoms with E-state index in [1.54, 1.807) is 4.90 Å². The maximum Gasteiger partial charge on any atom is 0.344 e. The highest BCUT2D eigenvalue weighted by molar-refractivity contribution is 6.84. The van der Waals surface area contributed by atoms with E-state index in [9.17, 15) is 14.4 Å². The highest BCUT2D eigenvalue weighted by atomic mass is 28.5.